The van der Waals surface area contributed by atoms with Gasteiger partial charge in [-0.15, -0.1) is 0 Å². The molecule has 5 heteroatoms. The molecule has 1 saturated heterocycles. The topological polar surface area (TPSA) is 46.0 Å². The molecule has 0 radical (unpaired) electrons. The lowest BCUT2D eigenvalue weighted by Gasteiger charge is -2.17. The first-order chi connectivity index (χ1) is 10.2. The van der Waals surface area contributed by atoms with E-state index < -0.39 is 0 Å². The van der Waals surface area contributed by atoms with Crippen molar-refractivity contribution in [3.05, 3.63) is 34.9 Å². The van der Waals surface area contributed by atoms with Crippen LogP contribution in [-0.2, 0) is 4.74 Å². The summed E-state index contributed by atoms with van der Waals surface area (Å²) in [7, 11) is 0. The van der Waals surface area contributed by atoms with Crippen LogP contribution in [0, 0.1) is 13.8 Å². The molecule has 2 aliphatic rings. The van der Waals surface area contributed by atoms with Crippen LogP contribution >= 0.6 is 11.8 Å². The molecule has 0 amide bonds. The standard InChI is InChI=1S/C16H21N3OS/c1-11-5-6-14(12(2)8-11)15-10-21-16(19-18-15)17-9-13-4-3-7-20-13/h5-6,8,13H,3-4,7,9-10H2,1-2H3,(H,17,19)/t13-/m0/s1. The normalized spacial score (nSPS) is 24.0. The molecule has 112 valence electrons. The molecule has 1 N–H and O–H groups in total. The Balaban J connectivity index is 1.64. The predicted molar refractivity (Wildman–Crippen MR) is 89.3 cm³/mol. The van der Waals surface area contributed by atoms with E-state index in [1.54, 1.807) is 11.8 Å². The van der Waals surface area contributed by atoms with Gasteiger partial charge in [0.1, 0.15) is 0 Å². The minimum Gasteiger partial charge on any atom is -0.376 e. The minimum absolute atomic E-state index is 0.296. The van der Waals surface area contributed by atoms with Gasteiger partial charge in [0.2, 0.25) is 0 Å². The maximum absolute atomic E-state index is 5.58. The Labute approximate surface area is 130 Å². The van der Waals surface area contributed by atoms with Crippen molar-refractivity contribution in [2.24, 2.45) is 10.1 Å². The van der Waals surface area contributed by atoms with Gasteiger partial charge in [-0.1, -0.05) is 35.5 Å². The first-order valence-corrected chi connectivity index (χ1v) is 8.40. The van der Waals surface area contributed by atoms with E-state index in [4.69, 9.17) is 4.74 Å². The summed E-state index contributed by atoms with van der Waals surface area (Å²) < 4.78 is 5.58. The lowest BCUT2D eigenvalue weighted by Crippen LogP contribution is -2.27. The summed E-state index contributed by atoms with van der Waals surface area (Å²) in [6.07, 6.45) is 2.58. The van der Waals surface area contributed by atoms with Crippen molar-refractivity contribution in [1.82, 2.24) is 5.43 Å². The lowest BCUT2D eigenvalue weighted by molar-refractivity contribution is 0.118. The van der Waals surface area contributed by atoms with Crippen LogP contribution in [-0.4, -0.2) is 35.9 Å². The van der Waals surface area contributed by atoms with E-state index in [9.17, 15) is 0 Å². The molecule has 2 aliphatic heterocycles. The highest BCUT2D eigenvalue weighted by atomic mass is 32.2. The Morgan fingerprint density at radius 2 is 2.33 bits per heavy atom. The highest BCUT2D eigenvalue weighted by molar-refractivity contribution is 8.14. The third kappa shape index (κ3) is 3.66. The highest BCUT2D eigenvalue weighted by Crippen LogP contribution is 2.18. The van der Waals surface area contributed by atoms with Gasteiger partial charge in [-0.25, -0.2) is 0 Å². The Morgan fingerprint density at radius 3 is 3.00 bits per heavy atom. The number of ether oxygens (including phenoxy) is 1. The fourth-order valence-electron chi connectivity index (χ4n) is 2.65. The monoisotopic (exact) mass is 303 g/mol. The SMILES string of the molecule is Cc1ccc(C2=NNC(=NC[C@@H]3CCCO3)SC2)c(C)c1. The van der Waals surface area contributed by atoms with Gasteiger partial charge < -0.3 is 4.74 Å². The second-order valence-corrected chi connectivity index (χ2v) is 6.52. The quantitative estimate of drug-likeness (QED) is 0.934. The van der Waals surface area contributed by atoms with Gasteiger partial charge in [-0.3, -0.25) is 10.4 Å². The number of hydrogen-bond donors (Lipinski definition) is 1. The molecule has 0 aromatic heterocycles. The number of aliphatic imine (C=N–C) groups is 1. The number of amidine groups is 1. The van der Waals surface area contributed by atoms with Crippen molar-refractivity contribution >= 4 is 22.6 Å². The Morgan fingerprint density at radius 1 is 1.43 bits per heavy atom. The van der Waals surface area contributed by atoms with E-state index in [-0.39, 0.29) is 0 Å². The van der Waals surface area contributed by atoms with E-state index in [0.29, 0.717) is 6.10 Å². The molecule has 3 rings (SSSR count). The molecule has 1 aromatic carbocycles. The number of nitrogens with one attached hydrogen (secondary N) is 1. The molecule has 0 spiro atoms. The van der Waals surface area contributed by atoms with Gasteiger partial charge in [0.05, 0.1) is 18.4 Å². The highest BCUT2D eigenvalue weighted by Gasteiger charge is 2.17. The molecule has 4 nitrogen and oxygen atoms in total. The first-order valence-electron chi connectivity index (χ1n) is 7.41. The van der Waals surface area contributed by atoms with Crippen molar-refractivity contribution in [1.29, 1.82) is 0 Å². The molecule has 0 saturated carbocycles. The number of aryl methyl sites for hydroxylation is 2. The Bertz CT molecular complexity index is 577. The number of rotatable bonds is 3. The molecule has 1 fully saturated rings. The zero-order valence-corrected chi connectivity index (χ0v) is 13.4. The van der Waals surface area contributed by atoms with Gasteiger partial charge in [0, 0.05) is 17.9 Å². The number of thioether (sulfide) groups is 1. The molecular weight excluding hydrogens is 282 g/mol. The summed E-state index contributed by atoms with van der Waals surface area (Å²) in [4.78, 5) is 4.57. The van der Waals surface area contributed by atoms with Crippen molar-refractivity contribution in [2.45, 2.75) is 32.8 Å². The van der Waals surface area contributed by atoms with Gasteiger partial charge in [0.25, 0.3) is 0 Å². The van der Waals surface area contributed by atoms with Gasteiger partial charge >= 0.3 is 0 Å². The summed E-state index contributed by atoms with van der Waals surface area (Å²) in [6.45, 7) is 5.87. The van der Waals surface area contributed by atoms with Crippen molar-refractivity contribution in [2.75, 3.05) is 18.9 Å². The minimum atomic E-state index is 0.296. The van der Waals surface area contributed by atoms with E-state index in [1.807, 2.05) is 0 Å². The summed E-state index contributed by atoms with van der Waals surface area (Å²) in [5.74, 6) is 0.862. The molecule has 1 aromatic rings. The smallest absolute Gasteiger partial charge is 0.177 e. The molecule has 1 atom stereocenters. The molecule has 21 heavy (non-hydrogen) atoms. The molecule has 0 bridgehead atoms. The molecular formula is C16H21N3OS. The fraction of sp³-hybridized carbons (Fsp3) is 0.500. The van der Waals surface area contributed by atoms with Crippen LogP contribution in [0.1, 0.15) is 29.5 Å². The summed E-state index contributed by atoms with van der Waals surface area (Å²) in [5.41, 5.74) is 7.95. The predicted octanol–water partition coefficient (Wildman–Crippen LogP) is 2.88. The van der Waals surface area contributed by atoms with Crippen molar-refractivity contribution < 1.29 is 4.74 Å². The first kappa shape index (κ1) is 14.6. The van der Waals surface area contributed by atoms with E-state index in [0.717, 1.165) is 42.6 Å². The van der Waals surface area contributed by atoms with Crippen LogP contribution < -0.4 is 5.43 Å². The second-order valence-electron chi connectivity index (χ2n) is 5.56. The van der Waals surface area contributed by atoms with Crippen LogP contribution in [0.4, 0.5) is 0 Å². The number of benzene rings is 1. The van der Waals surface area contributed by atoms with E-state index in [1.165, 1.54) is 16.7 Å². The van der Waals surface area contributed by atoms with E-state index >= 15 is 0 Å². The summed E-state index contributed by atoms with van der Waals surface area (Å²) in [5, 5.41) is 5.39. The largest absolute Gasteiger partial charge is 0.376 e. The van der Waals surface area contributed by atoms with Gasteiger partial charge in [0.15, 0.2) is 5.17 Å². The zero-order chi connectivity index (χ0) is 14.7. The van der Waals surface area contributed by atoms with Crippen LogP contribution in [0.5, 0.6) is 0 Å². The zero-order valence-electron chi connectivity index (χ0n) is 12.6. The van der Waals surface area contributed by atoms with Gasteiger partial charge in [-0.05, 0) is 32.3 Å². The van der Waals surface area contributed by atoms with Crippen molar-refractivity contribution in [3.8, 4) is 0 Å². The average molecular weight is 303 g/mol. The summed E-state index contributed by atoms with van der Waals surface area (Å²) in [6, 6.07) is 6.49. The maximum Gasteiger partial charge on any atom is 0.177 e. The average Bonchev–Trinajstić information content (AvgIpc) is 2.99. The van der Waals surface area contributed by atoms with Crippen LogP contribution in [0.3, 0.4) is 0 Å². The molecule has 0 unspecified atom stereocenters. The number of nitrogens with zero attached hydrogens (tertiary/aromatic N) is 2. The Kier molecular flexibility index (Phi) is 4.60. The summed E-state index contributed by atoms with van der Waals surface area (Å²) >= 11 is 1.71. The number of hydrazone groups is 1. The Hall–Kier alpha value is -1.33. The third-order valence-corrected chi connectivity index (χ3v) is 4.70. The van der Waals surface area contributed by atoms with Crippen LogP contribution in [0.15, 0.2) is 28.3 Å². The van der Waals surface area contributed by atoms with Gasteiger partial charge in [-0.2, -0.15) is 5.10 Å². The molecule has 2 heterocycles. The fourth-order valence-corrected chi connectivity index (χ4v) is 3.42. The van der Waals surface area contributed by atoms with E-state index in [2.05, 4.69) is 47.6 Å². The molecule has 0 aliphatic carbocycles. The maximum atomic E-state index is 5.58. The second kappa shape index (κ2) is 6.62. The lowest BCUT2D eigenvalue weighted by atomic mass is 10.0. The van der Waals surface area contributed by atoms with Crippen LogP contribution in [0.2, 0.25) is 0 Å². The third-order valence-electron chi connectivity index (χ3n) is 3.79. The van der Waals surface area contributed by atoms with Crippen molar-refractivity contribution in [3.63, 3.8) is 0 Å². The number of hydrogen-bond acceptors (Lipinski definition) is 4. The van der Waals surface area contributed by atoms with Crippen LogP contribution in [0.25, 0.3) is 0 Å².